The Hall–Kier alpha value is -2.92. The topological polar surface area (TPSA) is 79.1 Å². The molecule has 7 nitrogen and oxygen atoms in total. The molecule has 0 saturated heterocycles. The van der Waals surface area contributed by atoms with E-state index in [1.165, 1.54) is 11.3 Å². The maximum atomic E-state index is 13.9. The molecule has 2 heterocycles. The Morgan fingerprint density at radius 1 is 1.22 bits per heavy atom. The second-order valence-corrected chi connectivity index (χ2v) is 11.2. The minimum atomic E-state index is -0.644. The molecule has 0 saturated carbocycles. The zero-order valence-electron chi connectivity index (χ0n) is 21.6. The third-order valence-corrected chi connectivity index (χ3v) is 7.42. The zero-order chi connectivity index (χ0) is 26.9. The van der Waals surface area contributed by atoms with Crippen molar-refractivity contribution in [2.45, 2.75) is 46.8 Å². The number of hydrogen-bond donors (Lipinski definition) is 0. The van der Waals surface area contributed by atoms with Crippen LogP contribution < -0.4 is 24.4 Å². The van der Waals surface area contributed by atoms with Gasteiger partial charge in [0.05, 0.1) is 41.7 Å². The summed E-state index contributed by atoms with van der Waals surface area (Å²) in [5, 5.41) is 0. The number of ether oxygens (including phenoxy) is 3. The van der Waals surface area contributed by atoms with E-state index in [2.05, 4.69) is 27.6 Å². The Bertz CT molecular complexity index is 1550. The van der Waals surface area contributed by atoms with Gasteiger partial charge in [0.25, 0.3) is 5.56 Å². The monoisotopic (exact) mass is 632 g/mol. The molecule has 0 unspecified atom stereocenters. The highest BCUT2D eigenvalue weighted by molar-refractivity contribution is 14.1. The predicted octanol–water partition coefficient (Wildman–Crippen LogP) is 4.51. The van der Waals surface area contributed by atoms with Gasteiger partial charge in [0.1, 0.15) is 0 Å². The van der Waals surface area contributed by atoms with Crippen LogP contribution in [0, 0.1) is 10.5 Å². The number of benzene rings is 2. The number of aromatic nitrogens is 1. The molecule has 2 aromatic carbocycles. The number of carbonyl (C=O) groups excluding carboxylic acids is 1. The number of aryl methyl sites for hydroxylation is 1. The van der Waals surface area contributed by atoms with Crippen LogP contribution in [0.1, 0.15) is 50.4 Å². The molecule has 37 heavy (non-hydrogen) atoms. The third kappa shape index (κ3) is 5.52. The van der Waals surface area contributed by atoms with Gasteiger partial charge in [-0.1, -0.05) is 41.2 Å². The van der Waals surface area contributed by atoms with Crippen molar-refractivity contribution in [3.05, 3.63) is 87.6 Å². The third-order valence-electron chi connectivity index (χ3n) is 5.82. The smallest absolute Gasteiger partial charge is 0.338 e. The highest BCUT2D eigenvalue weighted by atomic mass is 127. The van der Waals surface area contributed by atoms with Gasteiger partial charge in [-0.25, -0.2) is 9.79 Å². The fourth-order valence-electron chi connectivity index (χ4n) is 4.21. The average molecular weight is 633 g/mol. The number of hydrogen-bond acceptors (Lipinski definition) is 7. The Morgan fingerprint density at radius 3 is 2.54 bits per heavy atom. The van der Waals surface area contributed by atoms with Crippen molar-refractivity contribution in [2.24, 2.45) is 4.99 Å². The maximum Gasteiger partial charge on any atom is 0.338 e. The fourth-order valence-corrected chi connectivity index (χ4v) is 5.86. The lowest BCUT2D eigenvalue weighted by atomic mass is 9.95. The average Bonchev–Trinajstić information content (AvgIpc) is 3.14. The highest BCUT2D eigenvalue weighted by Crippen LogP contribution is 2.35. The summed E-state index contributed by atoms with van der Waals surface area (Å²) in [5.74, 6) is 0.693. The van der Waals surface area contributed by atoms with Gasteiger partial charge in [-0.15, -0.1) is 0 Å². The molecule has 3 aromatic rings. The summed E-state index contributed by atoms with van der Waals surface area (Å²) >= 11 is 3.49. The minimum absolute atomic E-state index is 0.0846. The summed E-state index contributed by atoms with van der Waals surface area (Å²) in [4.78, 5) is 32.1. The van der Waals surface area contributed by atoms with E-state index in [0.29, 0.717) is 32.1 Å². The van der Waals surface area contributed by atoms with Gasteiger partial charge in [-0.2, -0.15) is 0 Å². The molecule has 0 fully saturated rings. The lowest BCUT2D eigenvalue weighted by molar-refractivity contribution is -0.139. The standard InChI is InChI=1S/C28H29IN2O5S/c1-7-35-27(33)23-17(5)30-28-31(24(23)18-10-8-16(4)9-11-18)26(32)22(37-28)13-19-12-20(29)14-21(34-6)25(19)36-15(2)3/h8-15,24H,7H2,1-6H3/b22-13-/t24-/m0/s1. The summed E-state index contributed by atoms with van der Waals surface area (Å²) < 4.78 is 20.0. The molecule has 1 aliphatic heterocycles. The first-order chi connectivity index (χ1) is 17.6. The molecule has 1 aliphatic rings. The fraction of sp³-hybridized carbons (Fsp3) is 0.321. The summed E-state index contributed by atoms with van der Waals surface area (Å²) in [6.07, 6.45) is 1.72. The Kier molecular flexibility index (Phi) is 8.23. The van der Waals surface area contributed by atoms with Crippen molar-refractivity contribution >= 4 is 46.0 Å². The van der Waals surface area contributed by atoms with Crippen molar-refractivity contribution in [3.63, 3.8) is 0 Å². The molecule has 1 aromatic heterocycles. The van der Waals surface area contributed by atoms with Crippen LogP contribution in [0.2, 0.25) is 0 Å². The van der Waals surface area contributed by atoms with Gasteiger partial charge in [0.2, 0.25) is 0 Å². The first kappa shape index (κ1) is 27.1. The molecule has 0 bridgehead atoms. The van der Waals surface area contributed by atoms with Crippen LogP contribution in [0.5, 0.6) is 11.5 Å². The molecule has 1 atom stereocenters. The molecule has 4 rings (SSSR count). The number of thiazole rings is 1. The van der Waals surface area contributed by atoms with Crippen LogP contribution in [0.4, 0.5) is 0 Å². The van der Waals surface area contributed by atoms with Gasteiger partial charge >= 0.3 is 5.97 Å². The molecule has 0 N–H and O–H groups in total. The number of carbonyl (C=O) groups is 1. The molecule has 0 amide bonds. The van der Waals surface area contributed by atoms with Crippen LogP contribution in [-0.2, 0) is 9.53 Å². The summed E-state index contributed by atoms with van der Waals surface area (Å²) in [6.45, 7) is 9.65. The predicted molar refractivity (Wildman–Crippen MR) is 153 cm³/mol. The SMILES string of the molecule is CCOC(=O)C1=C(C)N=c2s/c(=C\c3cc(I)cc(OC)c3OC(C)C)c(=O)n2[C@H]1c1ccc(C)cc1. The molecule has 194 valence electrons. The van der Waals surface area contributed by atoms with E-state index in [1.807, 2.05) is 63.2 Å². The Labute approximate surface area is 233 Å². The lowest BCUT2D eigenvalue weighted by Crippen LogP contribution is -2.39. The number of rotatable bonds is 7. The van der Waals surface area contributed by atoms with E-state index in [1.54, 1.807) is 25.5 Å². The Balaban J connectivity index is 1.98. The molecule has 9 heteroatoms. The molecule has 0 aliphatic carbocycles. The van der Waals surface area contributed by atoms with Crippen LogP contribution in [-0.4, -0.2) is 30.4 Å². The van der Waals surface area contributed by atoms with Gasteiger partial charge in [-0.3, -0.25) is 9.36 Å². The largest absolute Gasteiger partial charge is 0.493 e. The number of nitrogens with zero attached hydrogens (tertiary/aromatic N) is 2. The first-order valence-electron chi connectivity index (χ1n) is 11.9. The number of methoxy groups -OCH3 is 1. The summed E-state index contributed by atoms with van der Waals surface area (Å²) in [7, 11) is 1.59. The van der Waals surface area contributed by atoms with Gasteiger partial charge in [0, 0.05) is 9.13 Å². The minimum Gasteiger partial charge on any atom is -0.493 e. The molecule has 0 spiro atoms. The van der Waals surface area contributed by atoms with Crippen LogP contribution in [0.25, 0.3) is 6.08 Å². The van der Waals surface area contributed by atoms with E-state index in [9.17, 15) is 9.59 Å². The molecule has 0 radical (unpaired) electrons. The van der Waals surface area contributed by atoms with E-state index < -0.39 is 12.0 Å². The lowest BCUT2D eigenvalue weighted by Gasteiger charge is -2.24. The second kappa shape index (κ2) is 11.2. The van der Waals surface area contributed by atoms with Crippen LogP contribution >= 0.6 is 33.9 Å². The second-order valence-electron chi connectivity index (χ2n) is 8.91. The number of fused-ring (bicyclic) bond motifs is 1. The van der Waals surface area contributed by atoms with Crippen molar-refractivity contribution in [1.29, 1.82) is 0 Å². The zero-order valence-corrected chi connectivity index (χ0v) is 24.6. The van der Waals surface area contributed by atoms with Gasteiger partial charge < -0.3 is 14.2 Å². The Morgan fingerprint density at radius 2 is 1.92 bits per heavy atom. The molecular formula is C28H29IN2O5S. The maximum absolute atomic E-state index is 13.9. The number of allylic oxidation sites excluding steroid dienone is 1. The van der Waals surface area contributed by atoms with E-state index >= 15 is 0 Å². The summed E-state index contributed by atoms with van der Waals surface area (Å²) in [6, 6.07) is 11.0. The quantitative estimate of drug-likeness (QED) is 0.283. The van der Waals surface area contributed by atoms with E-state index in [0.717, 1.165) is 20.3 Å². The van der Waals surface area contributed by atoms with Crippen molar-refractivity contribution in [1.82, 2.24) is 4.57 Å². The highest BCUT2D eigenvalue weighted by Gasteiger charge is 2.33. The van der Waals surface area contributed by atoms with E-state index in [-0.39, 0.29) is 18.3 Å². The number of esters is 1. The van der Waals surface area contributed by atoms with Crippen LogP contribution in [0.3, 0.4) is 0 Å². The van der Waals surface area contributed by atoms with Crippen molar-refractivity contribution in [3.8, 4) is 11.5 Å². The molecular weight excluding hydrogens is 603 g/mol. The summed E-state index contributed by atoms with van der Waals surface area (Å²) in [5.41, 5.74) is 3.30. The van der Waals surface area contributed by atoms with Gasteiger partial charge in [0.15, 0.2) is 16.3 Å². The van der Waals surface area contributed by atoms with E-state index in [4.69, 9.17) is 14.2 Å². The van der Waals surface area contributed by atoms with Crippen LogP contribution in [0.15, 0.2) is 57.5 Å². The van der Waals surface area contributed by atoms with Crippen molar-refractivity contribution in [2.75, 3.05) is 13.7 Å². The van der Waals surface area contributed by atoms with Crippen molar-refractivity contribution < 1.29 is 19.0 Å². The van der Waals surface area contributed by atoms with Gasteiger partial charge in [-0.05, 0) is 81.0 Å². The normalized spacial score (nSPS) is 15.5. The first-order valence-corrected chi connectivity index (χ1v) is 13.8. The number of halogens is 1.